The van der Waals surface area contributed by atoms with Crippen LogP contribution in [0.4, 0.5) is 0 Å². The van der Waals surface area contributed by atoms with Crippen LogP contribution in [0.1, 0.15) is 43.2 Å². The highest BCUT2D eigenvalue weighted by Gasteiger charge is 2.57. The molecular formula is C17H25NO. The largest absolute Gasteiger partial charge is 0.489 e. The summed E-state index contributed by atoms with van der Waals surface area (Å²) in [6.07, 6.45) is 6.95. The van der Waals surface area contributed by atoms with Crippen LogP contribution in [0.5, 0.6) is 5.75 Å². The highest BCUT2D eigenvalue weighted by atomic mass is 16.5. The molecule has 1 spiro atoms. The monoisotopic (exact) mass is 259 g/mol. The van der Waals surface area contributed by atoms with Gasteiger partial charge >= 0.3 is 0 Å². The second-order valence-corrected chi connectivity index (χ2v) is 6.39. The molecule has 1 aromatic rings. The number of nitrogens with one attached hydrogen (secondary N) is 1. The standard InChI is InChI=1S/C17H25NO/c1-12-6-7-14(13(2)10-12)19-16-11-15(18-3)17(16)8-4-5-9-17/h6-7,10,15-16,18H,4-5,8-9,11H2,1-3H3. The number of hydrogen-bond acceptors (Lipinski definition) is 2. The molecule has 2 unspecified atom stereocenters. The molecule has 104 valence electrons. The van der Waals surface area contributed by atoms with Crippen LogP contribution in [-0.4, -0.2) is 19.2 Å². The first-order valence-electron chi connectivity index (χ1n) is 7.57. The minimum Gasteiger partial charge on any atom is -0.489 e. The van der Waals surface area contributed by atoms with Gasteiger partial charge in [-0.15, -0.1) is 0 Å². The van der Waals surface area contributed by atoms with E-state index in [0.717, 1.165) is 12.2 Å². The van der Waals surface area contributed by atoms with Gasteiger partial charge in [0, 0.05) is 17.9 Å². The molecule has 0 saturated heterocycles. The Kier molecular flexibility index (Phi) is 3.30. The molecule has 0 amide bonds. The van der Waals surface area contributed by atoms with E-state index in [9.17, 15) is 0 Å². The molecule has 19 heavy (non-hydrogen) atoms. The van der Waals surface area contributed by atoms with Gasteiger partial charge in [0.1, 0.15) is 11.9 Å². The van der Waals surface area contributed by atoms with Gasteiger partial charge in [-0.2, -0.15) is 0 Å². The van der Waals surface area contributed by atoms with Crippen LogP contribution in [0.2, 0.25) is 0 Å². The van der Waals surface area contributed by atoms with Crippen LogP contribution in [-0.2, 0) is 0 Å². The molecule has 3 rings (SSSR count). The Labute approximate surface area is 116 Å². The summed E-state index contributed by atoms with van der Waals surface area (Å²) < 4.78 is 6.37. The van der Waals surface area contributed by atoms with E-state index in [1.165, 1.54) is 36.8 Å². The molecular weight excluding hydrogens is 234 g/mol. The van der Waals surface area contributed by atoms with Crippen molar-refractivity contribution in [2.45, 2.75) is 58.1 Å². The van der Waals surface area contributed by atoms with E-state index in [1.54, 1.807) is 0 Å². The lowest BCUT2D eigenvalue weighted by Gasteiger charge is -2.53. The minimum absolute atomic E-state index is 0.409. The molecule has 2 atom stereocenters. The summed E-state index contributed by atoms with van der Waals surface area (Å²) in [7, 11) is 2.10. The summed E-state index contributed by atoms with van der Waals surface area (Å²) >= 11 is 0. The lowest BCUT2D eigenvalue weighted by Crippen LogP contribution is -2.63. The second-order valence-electron chi connectivity index (χ2n) is 6.39. The SMILES string of the molecule is CNC1CC(Oc2ccc(C)cc2C)C12CCCC2. The summed E-state index contributed by atoms with van der Waals surface area (Å²) in [6, 6.07) is 7.16. The van der Waals surface area contributed by atoms with Gasteiger partial charge in [-0.1, -0.05) is 30.5 Å². The molecule has 2 fully saturated rings. The first kappa shape index (κ1) is 13.0. The summed E-state index contributed by atoms with van der Waals surface area (Å²) in [5.74, 6) is 1.08. The lowest BCUT2D eigenvalue weighted by molar-refractivity contribution is -0.0739. The summed E-state index contributed by atoms with van der Waals surface area (Å²) in [5, 5.41) is 3.49. The first-order valence-corrected chi connectivity index (χ1v) is 7.57. The molecule has 1 N–H and O–H groups in total. The third-order valence-corrected chi connectivity index (χ3v) is 5.27. The molecule has 2 aliphatic carbocycles. The normalized spacial score (nSPS) is 28.4. The van der Waals surface area contributed by atoms with E-state index < -0.39 is 0 Å². The van der Waals surface area contributed by atoms with Crippen molar-refractivity contribution >= 4 is 0 Å². The van der Waals surface area contributed by atoms with Crippen molar-refractivity contribution in [2.75, 3.05) is 7.05 Å². The van der Waals surface area contributed by atoms with Crippen LogP contribution in [0.3, 0.4) is 0 Å². The second kappa shape index (κ2) is 4.82. The zero-order valence-corrected chi connectivity index (χ0v) is 12.3. The van der Waals surface area contributed by atoms with Crippen molar-refractivity contribution in [1.82, 2.24) is 5.32 Å². The van der Waals surface area contributed by atoms with Crippen molar-refractivity contribution in [3.63, 3.8) is 0 Å². The van der Waals surface area contributed by atoms with Gasteiger partial charge in [0.25, 0.3) is 0 Å². The van der Waals surface area contributed by atoms with Gasteiger partial charge in [-0.3, -0.25) is 0 Å². The zero-order valence-electron chi connectivity index (χ0n) is 12.3. The fourth-order valence-electron chi connectivity index (χ4n) is 4.11. The molecule has 2 nitrogen and oxygen atoms in total. The van der Waals surface area contributed by atoms with E-state index in [0.29, 0.717) is 17.6 Å². The predicted octanol–water partition coefficient (Wildman–Crippen LogP) is 3.60. The maximum Gasteiger partial charge on any atom is 0.122 e. The van der Waals surface area contributed by atoms with Gasteiger partial charge in [-0.25, -0.2) is 0 Å². The molecule has 1 aromatic carbocycles. The Hall–Kier alpha value is -1.02. The van der Waals surface area contributed by atoms with E-state index in [-0.39, 0.29) is 0 Å². The van der Waals surface area contributed by atoms with E-state index in [2.05, 4.69) is 44.4 Å². The third kappa shape index (κ3) is 2.06. The molecule has 0 aromatic heterocycles. The molecule has 2 heteroatoms. The van der Waals surface area contributed by atoms with Crippen molar-refractivity contribution in [3.05, 3.63) is 29.3 Å². The van der Waals surface area contributed by atoms with Gasteiger partial charge in [0.15, 0.2) is 0 Å². The molecule has 2 saturated carbocycles. The van der Waals surface area contributed by atoms with Crippen LogP contribution >= 0.6 is 0 Å². The Morgan fingerprint density at radius 1 is 1.21 bits per heavy atom. The summed E-state index contributed by atoms with van der Waals surface area (Å²) in [6.45, 7) is 4.29. The Morgan fingerprint density at radius 3 is 2.58 bits per heavy atom. The lowest BCUT2D eigenvalue weighted by atomic mass is 9.60. The number of benzene rings is 1. The molecule has 0 bridgehead atoms. The summed E-state index contributed by atoms with van der Waals surface area (Å²) in [5.41, 5.74) is 2.98. The van der Waals surface area contributed by atoms with E-state index >= 15 is 0 Å². The zero-order chi connectivity index (χ0) is 13.5. The fourth-order valence-corrected chi connectivity index (χ4v) is 4.11. The maximum absolute atomic E-state index is 6.37. The quantitative estimate of drug-likeness (QED) is 0.895. The maximum atomic E-state index is 6.37. The van der Waals surface area contributed by atoms with Gasteiger partial charge in [0.2, 0.25) is 0 Å². The predicted molar refractivity (Wildman–Crippen MR) is 78.7 cm³/mol. The van der Waals surface area contributed by atoms with Gasteiger partial charge in [-0.05, 0) is 45.4 Å². The van der Waals surface area contributed by atoms with Gasteiger partial charge < -0.3 is 10.1 Å². The fraction of sp³-hybridized carbons (Fsp3) is 0.647. The van der Waals surface area contributed by atoms with Crippen LogP contribution in [0.25, 0.3) is 0 Å². The van der Waals surface area contributed by atoms with Crippen molar-refractivity contribution < 1.29 is 4.74 Å². The molecule has 0 aliphatic heterocycles. The number of ether oxygens (including phenoxy) is 1. The molecule has 0 heterocycles. The Bertz CT molecular complexity index is 462. The first-order chi connectivity index (χ1) is 9.15. The number of aryl methyl sites for hydroxylation is 2. The average molecular weight is 259 g/mol. The third-order valence-electron chi connectivity index (χ3n) is 5.27. The van der Waals surface area contributed by atoms with Crippen LogP contribution in [0, 0.1) is 19.3 Å². The number of hydrogen-bond donors (Lipinski definition) is 1. The van der Waals surface area contributed by atoms with E-state index in [4.69, 9.17) is 4.74 Å². The van der Waals surface area contributed by atoms with Crippen molar-refractivity contribution in [3.8, 4) is 5.75 Å². The minimum atomic E-state index is 0.409. The van der Waals surface area contributed by atoms with Gasteiger partial charge in [0.05, 0.1) is 0 Å². The smallest absolute Gasteiger partial charge is 0.122 e. The highest BCUT2D eigenvalue weighted by Crippen LogP contribution is 2.54. The van der Waals surface area contributed by atoms with Crippen molar-refractivity contribution in [2.24, 2.45) is 5.41 Å². The molecule has 2 aliphatic rings. The van der Waals surface area contributed by atoms with Crippen LogP contribution in [0.15, 0.2) is 18.2 Å². The Morgan fingerprint density at radius 2 is 1.95 bits per heavy atom. The summed E-state index contributed by atoms with van der Waals surface area (Å²) in [4.78, 5) is 0. The van der Waals surface area contributed by atoms with Crippen molar-refractivity contribution in [1.29, 1.82) is 0 Å². The van der Waals surface area contributed by atoms with E-state index in [1.807, 2.05) is 0 Å². The average Bonchev–Trinajstić information content (AvgIpc) is 2.88. The Balaban J connectivity index is 1.77. The molecule has 0 radical (unpaired) electrons. The topological polar surface area (TPSA) is 21.3 Å². The number of rotatable bonds is 3. The highest BCUT2D eigenvalue weighted by molar-refractivity contribution is 5.36. The van der Waals surface area contributed by atoms with Crippen LogP contribution < -0.4 is 10.1 Å².